The largest absolute Gasteiger partial charge is 0.383 e. The molecule has 23 heavy (non-hydrogen) atoms. The van der Waals surface area contributed by atoms with Crippen LogP contribution in [0.2, 0.25) is 0 Å². The second-order valence-corrected chi connectivity index (χ2v) is 5.70. The van der Waals surface area contributed by atoms with Gasteiger partial charge < -0.3 is 15.7 Å². The van der Waals surface area contributed by atoms with Crippen LogP contribution in [0.3, 0.4) is 0 Å². The zero-order chi connectivity index (χ0) is 17.1. The summed E-state index contributed by atoms with van der Waals surface area (Å²) < 4.78 is 27.8. The summed E-state index contributed by atoms with van der Waals surface area (Å²) in [7, 11) is 0. The number of benzene rings is 1. The predicted molar refractivity (Wildman–Crippen MR) is 80.0 cm³/mol. The zero-order valence-corrected chi connectivity index (χ0v) is 12.9. The standard InChI is InChI=1S/C16H20F2N2O3/c1-2-19-13(21)12-6-4-11(5-7-12)10-20-14(22)16(17,18)15(23)8-3-9-15/h4-7,23H,2-3,8-10H2,1H3,(H,19,21)(H,20,22). The number of alkyl halides is 2. The second-order valence-electron chi connectivity index (χ2n) is 5.70. The van der Waals surface area contributed by atoms with Gasteiger partial charge in [0.2, 0.25) is 0 Å². The van der Waals surface area contributed by atoms with E-state index in [1.54, 1.807) is 31.2 Å². The Morgan fingerprint density at radius 1 is 1.22 bits per heavy atom. The first-order valence-electron chi connectivity index (χ1n) is 7.56. The fourth-order valence-corrected chi connectivity index (χ4v) is 2.37. The van der Waals surface area contributed by atoms with Crippen molar-refractivity contribution in [3.8, 4) is 0 Å². The maximum atomic E-state index is 13.9. The predicted octanol–water partition coefficient (Wildman–Crippen LogP) is 1.60. The van der Waals surface area contributed by atoms with Crippen molar-refractivity contribution in [1.82, 2.24) is 10.6 Å². The highest BCUT2D eigenvalue weighted by atomic mass is 19.3. The van der Waals surface area contributed by atoms with Crippen molar-refractivity contribution in [1.29, 1.82) is 0 Å². The van der Waals surface area contributed by atoms with Gasteiger partial charge in [0, 0.05) is 18.7 Å². The van der Waals surface area contributed by atoms with E-state index in [9.17, 15) is 23.5 Å². The van der Waals surface area contributed by atoms with Crippen LogP contribution in [0.4, 0.5) is 8.78 Å². The van der Waals surface area contributed by atoms with Gasteiger partial charge in [0.1, 0.15) is 5.60 Å². The van der Waals surface area contributed by atoms with Crippen LogP contribution in [0, 0.1) is 0 Å². The van der Waals surface area contributed by atoms with E-state index in [1.807, 2.05) is 0 Å². The Morgan fingerprint density at radius 3 is 2.30 bits per heavy atom. The van der Waals surface area contributed by atoms with Crippen molar-refractivity contribution in [2.75, 3.05) is 6.54 Å². The molecule has 0 bridgehead atoms. The van der Waals surface area contributed by atoms with Gasteiger partial charge in [-0.05, 0) is 43.9 Å². The van der Waals surface area contributed by atoms with E-state index < -0.39 is 17.4 Å². The Kier molecular flexibility index (Phi) is 4.99. The van der Waals surface area contributed by atoms with Gasteiger partial charge in [0.25, 0.3) is 11.8 Å². The monoisotopic (exact) mass is 326 g/mol. The van der Waals surface area contributed by atoms with Crippen molar-refractivity contribution in [3.63, 3.8) is 0 Å². The molecule has 0 heterocycles. The molecule has 1 aromatic carbocycles. The number of rotatable bonds is 6. The molecule has 0 saturated heterocycles. The minimum Gasteiger partial charge on any atom is -0.383 e. The van der Waals surface area contributed by atoms with E-state index in [0.717, 1.165) is 0 Å². The van der Waals surface area contributed by atoms with E-state index in [-0.39, 0.29) is 25.3 Å². The molecule has 0 aliphatic heterocycles. The number of hydrogen-bond donors (Lipinski definition) is 3. The first-order chi connectivity index (χ1) is 10.8. The third-order valence-corrected chi connectivity index (χ3v) is 4.06. The van der Waals surface area contributed by atoms with Crippen LogP contribution in [0.1, 0.15) is 42.1 Å². The molecule has 0 atom stereocenters. The summed E-state index contributed by atoms with van der Waals surface area (Å²) in [6.07, 6.45) is 0.337. The summed E-state index contributed by atoms with van der Waals surface area (Å²) in [6.45, 7) is 2.22. The van der Waals surface area contributed by atoms with Crippen molar-refractivity contribution in [3.05, 3.63) is 35.4 Å². The summed E-state index contributed by atoms with van der Waals surface area (Å²) in [6, 6.07) is 6.29. The Bertz CT molecular complexity index is 583. The van der Waals surface area contributed by atoms with Crippen LogP contribution in [0.15, 0.2) is 24.3 Å². The number of aliphatic hydroxyl groups is 1. The van der Waals surface area contributed by atoms with Gasteiger partial charge in [-0.15, -0.1) is 0 Å². The fraction of sp³-hybridized carbons (Fsp3) is 0.500. The molecule has 1 aliphatic rings. The summed E-state index contributed by atoms with van der Waals surface area (Å²) >= 11 is 0. The molecule has 0 radical (unpaired) electrons. The third-order valence-electron chi connectivity index (χ3n) is 4.06. The molecule has 0 unspecified atom stereocenters. The van der Waals surface area contributed by atoms with Crippen molar-refractivity contribution in [2.24, 2.45) is 0 Å². The maximum Gasteiger partial charge on any atom is 0.352 e. The molecule has 1 saturated carbocycles. The zero-order valence-electron chi connectivity index (χ0n) is 12.9. The Labute approximate surface area is 133 Å². The first-order valence-corrected chi connectivity index (χ1v) is 7.56. The summed E-state index contributed by atoms with van der Waals surface area (Å²) in [5.41, 5.74) is -1.18. The molecular formula is C16H20F2N2O3. The number of carbonyl (C=O) groups is 2. The van der Waals surface area contributed by atoms with Gasteiger partial charge >= 0.3 is 5.92 Å². The number of carbonyl (C=O) groups excluding carboxylic acids is 2. The molecule has 3 N–H and O–H groups in total. The lowest BCUT2D eigenvalue weighted by molar-refractivity contribution is -0.216. The lowest BCUT2D eigenvalue weighted by atomic mass is 9.75. The van der Waals surface area contributed by atoms with Crippen LogP contribution in [0.25, 0.3) is 0 Å². The molecular weight excluding hydrogens is 306 g/mol. The third kappa shape index (κ3) is 3.50. The average Bonchev–Trinajstić information content (AvgIpc) is 2.50. The highest BCUT2D eigenvalue weighted by molar-refractivity contribution is 5.94. The summed E-state index contributed by atoms with van der Waals surface area (Å²) in [5.74, 6) is -5.50. The van der Waals surface area contributed by atoms with Crippen LogP contribution in [-0.2, 0) is 11.3 Å². The molecule has 0 spiro atoms. The maximum absolute atomic E-state index is 13.9. The smallest absolute Gasteiger partial charge is 0.352 e. The molecule has 7 heteroatoms. The topological polar surface area (TPSA) is 78.4 Å². The number of hydrogen-bond acceptors (Lipinski definition) is 3. The van der Waals surface area contributed by atoms with E-state index in [4.69, 9.17) is 0 Å². The average molecular weight is 326 g/mol. The van der Waals surface area contributed by atoms with Crippen molar-refractivity contribution >= 4 is 11.8 Å². The van der Waals surface area contributed by atoms with Crippen molar-refractivity contribution in [2.45, 2.75) is 44.3 Å². The number of nitrogens with one attached hydrogen (secondary N) is 2. The minimum absolute atomic E-state index is 0.0747. The molecule has 2 amide bonds. The van der Waals surface area contributed by atoms with Gasteiger partial charge in [-0.25, -0.2) is 0 Å². The highest BCUT2D eigenvalue weighted by Crippen LogP contribution is 2.44. The van der Waals surface area contributed by atoms with Gasteiger partial charge in [-0.2, -0.15) is 8.78 Å². The van der Waals surface area contributed by atoms with E-state index >= 15 is 0 Å². The Balaban J connectivity index is 1.93. The van der Waals surface area contributed by atoms with Crippen LogP contribution >= 0.6 is 0 Å². The molecule has 1 aliphatic carbocycles. The Morgan fingerprint density at radius 2 is 1.83 bits per heavy atom. The normalized spacial score (nSPS) is 16.3. The first kappa shape index (κ1) is 17.3. The number of halogens is 2. The van der Waals surface area contributed by atoms with E-state index in [2.05, 4.69) is 10.6 Å². The molecule has 1 fully saturated rings. The van der Waals surface area contributed by atoms with Crippen LogP contribution < -0.4 is 10.6 Å². The van der Waals surface area contributed by atoms with E-state index in [1.165, 1.54) is 0 Å². The lowest BCUT2D eigenvalue weighted by Crippen LogP contribution is -2.60. The second kappa shape index (κ2) is 6.62. The molecule has 1 aromatic rings. The molecule has 2 rings (SSSR count). The van der Waals surface area contributed by atoms with Gasteiger partial charge in [-0.1, -0.05) is 12.1 Å². The number of amides is 2. The minimum atomic E-state index is -3.80. The quantitative estimate of drug-likeness (QED) is 0.743. The van der Waals surface area contributed by atoms with Gasteiger partial charge in [-0.3, -0.25) is 9.59 Å². The Hall–Kier alpha value is -2.02. The van der Waals surface area contributed by atoms with Gasteiger partial charge in [0.15, 0.2) is 0 Å². The molecule has 0 aromatic heterocycles. The molecule has 5 nitrogen and oxygen atoms in total. The van der Waals surface area contributed by atoms with Crippen molar-refractivity contribution < 1.29 is 23.5 Å². The summed E-state index contributed by atoms with van der Waals surface area (Å²) in [4.78, 5) is 23.2. The van der Waals surface area contributed by atoms with Crippen LogP contribution in [0.5, 0.6) is 0 Å². The highest BCUT2D eigenvalue weighted by Gasteiger charge is 2.61. The fourth-order valence-electron chi connectivity index (χ4n) is 2.37. The van der Waals surface area contributed by atoms with Crippen LogP contribution in [-0.4, -0.2) is 35.0 Å². The van der Waals surface area contributed by atoms with E-state index in [0.29, 0.717) is 24.1 Å². The summed E-state index contributed by atoms with van der Waals surface area (Å²) in [5, 5.41) is 14.5. The van der Waals surface area contributed by atoms with Gasteiger partial charge in [0.05, 0.1) is 0 Å². The SMILES string of the molecule is CCNC(=O)c1ccc(CNC(=O)C(F)(F)C2(O)CCC2)cc1. The molecule has 126 valence electrons. The lowest BCUT2D eigenvalue weighted by Gasteiger charge is -2.41.